The van der Waals surface area contributed by atoms with Gasteiger partial charge in [-0.05, 0) is 86.7 Å². The van der Waals surface area contributed by atoms with Gasteiger partial charge in [-0.15, -0.1) is 0 Å². The van der Waals surface area contributed by atoms with E-state index in [4.69, 9.17) is 0 Å². The average Bonchev–Trinajstić information content (AvgIpc) is 3.04. The molecule has 31 heavy (non-hydrogen) atoms. The number of aliphatic hydroxyl groups excluding tert-OH is 2. The van der Waals surface area contributed by atoms with Crippen LogP contribution in [0.3, 0.4) is 0 Å². The summed E-state index contributed by atoms with van der Waals surface area (Å²) >= 11 is 0. The lowest BCUT2D eigenvalue weighted by molar-refractivity contribution is 0.0436. The molecule has 0 aromatic heterocycles. The van der Waals surface area contributed by atoms with Crippen LogP contribution in [-0.2, 0) is 0 Å². The zero-order valence-corrected chi connectivity index (χ0v) is 20.3. The van der Waals surface area contributed by atoms with Gasteiger partial charge in [-0.25, -0.2) is 0 Å². The van der Waals surface area contributed by atoms with Crippen LogP contribution in [0.5, 0.6) is 0 Å². The van der Waals surface area contributed by atoms with Crippen molar-refractivity contribution >= 4 is 0 Å². The quantitative estimate of drug-likeness (QED) is 0.490. The molecule has 0 radical (unpaired) electrons. The molecule has 2 unspecified atom stereocenters. The standard InChI is InChI=1S/C28H44O3/c1-18(9-10-19(2)27(4,5)31)24-13-14-25-21(8-7-15-28(24,25)6)11-12-22-16-23(29)17-26(30)20(22)3/h9-12,18-19,23-26,29-31H,3,7-8,13-17H2,1-2,4-6H3/t18-,19+,23-,24-,25?,26?,28-/m1/s1. The van der Waals surface area contributed by atoms with Crippen LogP contribution in [-0.4, -0.2) is 33.1 Å². The third-order valence-electron chi connectivity index (χ3n) is 8.75. The van der Waals surface area contributed by atoms with E-state index in [1.165, 1.54) is 31.3 Å². The van der Waals surface area contributed by atoms with Gasteiger partial charge in [-0.2, -0.15) is 0 Å². The molecule has 3 aliphatic carbocycles. The molecule has 0 amide bonds. The van der Waals surface area contributed by atoms with Crippen molar-refractivity contribution in [2.45, 2.75) is 97.4 Å². The summed E-state index contributed by atoms with van der Waals surface area (Å²) in [6, 6.07) is 0. The van der Waals surface area contributed by atoms with E-state index >= 15 is 0 Å². The number of hydrogen-bond acceptors (Lipinski definition) is 3. The van der Waals surface area contributed by atoms with Crippen molar-refractivity contribution in [2.75, 3.05) is 0 Å². The van der Waals surface area contributed by atoms with Gasteiger partial charge in [-0.1, -0.05) is 57.2 Å². The number of allylic oxidation sites excluding steroid dienone is 4. The predicted octanol–water partition coefficient (Wildman–Crippen LogP) is 5.73. The summed E-state index contributed by atoms with van der Waals surface area (Å²) in [6.45, 7) is 14.7. The summed E-state index contributed by atoms with van der Waals surface area (Å²) in [7, 11) is 0. The van der Waals surface area contributed by atoms with Crippen molar-refractivity contribution < 1.29 is 15.3 Å². The number of hydrogen-bond donors (Lipinski definition) is 3. The molecular formula is C28H44O3. The molecule has 0 aromatic rings. The van der Waals surface area contributed by atoms with Gasteiger partial charge in [0.05, 0.1) is 17.8 Å². The van der Waals surface area contributed by atoms with Crippen LogP contribution >= 0.6 is 0 Å². The highest BCUT2D eigenvalue weighted by molar-refractivity contribution is 5.38. The molecule has 3 rings (SSSR count). The summed E-state index contributed by atoms with van der Waals surface area (Å²) in [5, 5.41) is 30.4. The maximum atomic E-state index is 10.3. The summed E-state index contributed by atoms with van der Waals surface area (Å²) in [4.78, 5) is 0. The summed E-state index contributed by atoms with van der Waals surface area (Å²) < 4.78 is 0. The first kappa shape index (κ1) is 24.5. The zero-order valence-electron chi connectivity index (χ0n) is 20.3. The maximum Gasteiger partial charge on any atom is 0.0811 e. The second-order valence-electron chi connectivity index (χ2n) is 11.4. The van der Waals surface area contributed by atoms with Crippen molar-refractivity contribution in [1.29, 1.82) is 0 Å². The Labute approximate surface area is 189 Å². The minimum atomic E-state index is -0.684. The lowest BCUT2D eigenvalue weighted by Gasteiger charge is -2.44. The van der Waals surface area contributed by atoms with Crippen LogP contribution < -0.4 is 0 Å². The predicted molar refractivity (Wildman–Crippen MR) is 128 cm³/mol. The van der Waals surface area contributed by atoms with Gasteiger partial charge in [0.1, 0.15) is 0 Å². The Hall–Kier alpha value is -1.16. The fourth-order valence-corrected chi connectivity index (χ4v) is 6.32. The topological polar surface area (TPSA) is 60.7 Å². The average molecular weight is 429 g/mol. The number of aliphatic hydroxyl groups is 3. The van der Waals surface area contributed by atoms with Crippen LogP contribution in [0.4, 0.5) is 0 Å². The van der Waals surface area contributed by atoms with Gasteiger partial charge in [0, 0.05) is 12.3 Å². The van der Waals surface area contributed by atoms with Crippen molar-refractivity contribution in [1.82, 2.24) is 0 Å². The van der Waals surface area contributed by atoms with E-state index in [9.17, 15) is 15.3 Å². The van der Waals surface area contributed by atoms with E-state index in [1.807, 2.05) is 13.8 Å². The monoisotopic (exact) mass is 428 g/mol. The van der Waals surface area contributed by atoms with Gasteiger partial charge in [0.2, 0.25) is 0 Å². The van der Waals surface area contributed by atoms with Crippen LogP contribution in [0, 0.1) is 29.1 Å². The molecule has 3 aliphatic rings. The highest BCUT2D eigenvalue weighted by atomic mass is 16.3. The molecule has 3 heteroatoms. The first-order chi connectivity index (χ1) is 14.4. The third-order valence-corrected chi connectivity index (χ3v) is 8.75. The Balaban J connectivity index is 1.76. The fraction of sp³-hybridized carbons (Fsp3) is 0.714. The van der Waals surface area contributed by atoms with Crippen LogP contribution in [0.25, 0.3) is 0 Å². The molecule has 0 aromatic carbocycles. The number of fused-ring (bicyclic) bond motifs is 1. The minimum Gasteiger partial charge on any atom is -0.393 e. The normalized spacial score (nSPS) is 39.3. The highest BCUT2D eigenvalue weighted by Crippen LogP contribution is 2.59. The van der Waals surface area contributed by atoms with E-state index < -0.39 is 17.8 Å². The number of rotatable bonds is 5. The molecule has 0 spiro atoms. The van der Waals surface area contributed by atoms with E-state index in [2.05, 4.69) is 51.7 Å². The third kappa shape index (κ3) is 5.26. The smallest absolute Gasteiger partial charge is 0.0811 e. The van der Waals surface area contributed by atoms with E-state index in [0.29, 0.717) is 36.0 Å². The summed E-state index contributed by atoms with van der Waals surface area (Å²) in [5.74, 6) is 1.91. The molecular weight excluding hydrogens is 384 g/mol. The second kappa shape index (κ2) is 9.37. The molecule has 3 nitrogen and oxygen atoms in total. The van der Waals surface area contributed by atoms with Crippen LogP contribution in [0.2, 0.25) is 0 Å². The first-order valence-corrected chi connectivity index (χ1v) is 12.3. The lowest BCUT2D eigenvalue weighted by atomic mass is 9.61. The van der Waals surface area contributed by atoms with Crippen LogP contribution in [0.1, 0.15) is 79.6 Å². The molecule has 3 N–H and O–H groups in total. The maximum absolute atomic E-state index is 10.3. The van der Waals surface area contributed by atoms with Gasteiger partial charge < -0.3 is 15.3 Å². The summed E-state index contributed by atoms with van der Waals surface area (Å²) in [5.41, 5.74) is 2.93. The summed E-state index contributed by atoms with van der Waals surface area (Å²) in [6.07, 6.45) is 15.0. The van der Waals surface area contributed by atoms with Gasteiger partial charge in [0.25, 0.3) is 0 Å². The highest BCUT2D eigenvalue weighted by Gasteiger charge is 2.50. The van der Waals surface area contributed by atoms with E-state index in [-0.39, 0.29) is 5.92 Å². The largest absolute Gasteiger partial charge is 0.393 e. The molecule has 7 atom stereocenters. The van der Waals surface area contributed by atoms with Gasteiger partial charge in [0.15, 0.2) is 0 Å². The minimum absolute atomic E-state index is 0.141. The Bertz CT molecular complexity index is 753. The Morgan fingerprint density at radius 2 is 1.84 bits per heavy atom. The Morgan fingerprint density at radius 1 is 1.13 bits per heavy atom. The zero-order chi connectivity index (χ0) is 23.0. The Kier molecular flexibility index (Phi) is 7.40. The fourth-order valence-electron chi connectivity index (χ4n) is 6.32. The van der Waals surface area contributed by atoms with Crippen molar-refractivity contribution in [3.8, 4) is 0 Å². The second-order valence-corrected chi connectivity index (χ2v) is 11.4. The molecule has 3 saturated carbocycles. The molecule has 0 aliphatic heterocycles. The van der Waals surface area contributed by atoms with Crippen molar-refractivity contribution in [2.24, 2.45) is 29.1 Å². The lowest BCUT2D eigenvalue weighted by Crippen LogP contribution is -2.35. The molecule has 0 bridgehead atoms. The van der Waals surface area contributed by atoms with E-state index in [0.717, 1.165) is 17.6 Å². The molecule has 3 fully saturated rings. The Morgan fingerprint density at radius 3 is 2.52 bits per heavy atom. The molecule has 0 saturated heterocycles. The van der Waals surface area contributed by atoms with Crippen molar-refractivity contribution in [3.05, 3.63) is 47.6 Å². The first-order valence-electron chi connectivity index (χ1n) is 12.3. The molecule has 174 valence electrons. The van der Waals surface area contributed by atoms with Gasteiger partial charge in [-0.3, -0.25) is 0 Å². The SMILES string of the molecule is C=C1C(=CC=C2CCC[C@@]3(C)C2CC[C@@H]3[C@H](C)C=C[C@H](C)C(C)(C)O)C[C@@H](O)CC1O. The van der Waals surface area contributed by atoms with Crippen molar-refractivity contribution in [3.63, 3.8) is 0 Å². The van der Waals surface area contributed by atoms with Crippen LogP contribution in [0.15, 0.2) is 47.6 Å². The molecule has 0 heterocycles. The van der Waals surface area contributed by atoms with Gasteiger partial charge >= 0.3 is 0 Å². The van der Waals surface area contributed by atoms with E-state index in [1.54, 1.807) is 0 Å².